The van der Waals surface area contributed by atoms with Crippen molar-refractivity contribution in [3.05, 3.63) is 65.3 Å². The maximum atomic E-state index is 13.3. The molecule has 6 nitrogen and oxygen atoms in total. The second-order valence-corrected chi connectivity index (χ2v) is 7.32. The Morgan fingerprint density at radius 2 is 1.84 bits per heavy atom. The average Bonchev–Trinajstić information content (AvgIpc) is 3.05. The average molecular weight is 361 g/mol. The summed E-state index contributed by atoms with van der Waals surface area (Å²) in [6, 6.07) is 11.1. The SMILES string of the molecule is Cc1cc(S(=O)(=O)NCc2nnc(-c3ccccc3C)o2)ccc1F. The monoisotopic (exact) mass is 361 g/mol. The van der Waals surface area contributed by atoms with Gasteiger partial charge in [-0.1, -0.05) is 18.2 Å². The molecule has 2 aromatic carbocycles. The van der Waals surface area contributed by atoms with Crippen molar-refractivity contribution in [2.45, 2.75) is 25.3 Å². The highest BCUT2D eigenvalue weighted by Crippen LogP contribution is 2.21. The molecule has 1 N–H and O–H groups in total. The molecule has 25 heavy (non-hydrogen) atoms. The van der Waals surface area contributed by atoms with Gasteiger partial charge in [0.05, 0.1) is 11.4 Å². The van der Waals surface area contributed by atoms with Crippen molar-refractivity contribution in [1.29, 1.82) is 0 Å². The third-order valence-electron chi connectivity index (χ3n) is 3.70. The number of hydrogen-bond donors (Lipinski definition) is 1. The summed E-state index contributed by atoms with van der Waals surface area (Å²) < 4.78 is 45.7. The predicted octanol–water partition coefficient (Wildman–Crippen LogP) is 2.97. The molecule has 130 valence electrons. The summed E-state index contributed by atoms with van der Waals surface area (Å²) in [4.78, 5) is -0.0231. The lowest BCUT2D eigenvalue weighted by Gasteiger charge is -2.06. The molecular formula is C17H16FN3O3S. The van der Waals surface area contributed by atoms with Crippen molar-refractivity contribution >= 4 is 10.0 Å². The summed E-state index contributed by atoms with van der Waals surface area (Å²) in [5, 5.41) is 7.80. The second-order valence-electron chi connectivity index (χ2n) is 5.55. The number of benzene rings is 2. The van der Waals surface area contributed by atoms with Crippen LogP contribution in [0.2, 0.25) is 0 Å². The molecule has 0 aliphatic carbocycles. The Balaban J connectivity index is 1.75. The van der Waals surface area contributed by atoms with E-state index in [1.165, 1.54) is 19.1 Å². The Bertz CT molecular complexity index is 1020. The summed E-state index contributed by atoms with van der Waals surface area (Å²) in [6.07, 6.45) is 0. The Labute approximate surface area is 144 Å². The third-order valence-corrected chi connectivity index (χ3v) is 5.09. The van der Waals surface area contributed by atoms with Crippen molar-refractivity contribution in [2.24, 2.45) is 0 Å². The predicted molar refractivity (Wildman–Crippen MR) is 89.6 cm³/mol. The van der Waals surface area contributed by atoms with Gasteiger partial charge in [0.15, 0.2) is 0 Å². The van der Waals surface area contributed by atoms with Gasteiger partial charge in [-0.25, -0.2) is 17.5 Å². The summed E-state index contributed by atoms with van der Waals surface area (Å²) in [6.45, 7) is 3.26. The van der Waals surface area contributed by atoms with E-state index >= 15 is 0 Å². The highest BCUT2D eigenvalue weighted by molar-refractivity contribution is 7.89. The zero-order valence-corrected chi connectivity index (χ0v) is 14.5. The van der Waals surface area contributed by atoms with E-state index in [9.17, 15) is 12.8 Å². The largest absolute Gasteiger partial charge is 0.419 e. The van der Waals surface area contributed by atoms with Gasteiger partial charge in [-0.2, -0.15) is 0 Å². The lowest BCUT2D eigenvalue weighted by molar-refractivity contribution is 0.494. The Hall–Kier alpha value is -2.58. The van der Waals surface area contributed by atoms with E-state index in [-0.39, 0.29) is 22.9 Å². The molecular weight excluding hydrogens is 345 g/mol. The van der Waals surface area contributed by atoms with Crippen molar-refractivity contribution in [2.75, 3.05) is 0 Å². The van der Waals surface area contributed by atoms with Gasteiger partial charge in [0.2, 0.25) is 21.8 Å². The van der Waals surface area contributed by atoms with Crippen LogP contribution in [0, 0.1) is 19.7 Å². The van der Waals surface area contributed by atoms with Gasteiger partial charge in [0.1, 0.15) is 5.82 Å². The first-order chi connectivity index (χ1) is 11.9. The third kappa shape index (κ3) is 3.75. The van der Waals surface area contributed by atoms with Crippen molar-refractivity contribution in [3.8, 4) is 11.5 Å². The molecule has 0 bridgehead atoms. The van der Waals surface area contributed by atoms with Crippen molar-refractivity contribution < 1.29 is 17.2 Å². The molecule has 0 amide bonds. The van der Waals surface area contributed by atoms with Gasteiger partial charge in [0, 0.05) is 5.56 Å². The fourth-order valence-electron chi connectivity index (χ4n) is 2.27. The van der Waals surface area contributed by atoms with Crippen LogP contribution in [-0.2, 0) is 16.6 Å². The molecule has 0 spiro atoms. The smallest absolute Gasteiger partial charge is 0.248 e. The minimum atomic E-state index is -3.81. The molecule has 0 saturated heterocycles. The standard InChI is InChI=1S/C17H16FN3O3S/c1-11-5-3-4-6-14(11)17-21-20-16(24-17)10-19-25(22,23)13-7-8-15(18)12(2)9-13/h3-9,19H,10H2,1-2H3. The van der Waals surface area contributed by atoms with Crippen LogP contribution in [0.1, 0.15) is 17.0 Å². The summed E-state index contributed by atoms with van der Waals surface area (Å²) in [5.41, 5.74) is 2.01. The van der Waals surface area contributed by atoms with Crippen molar-refractivity contribution in [1.82, 2.24) is 14.9 Å². The zero-order chi connectivity index (χ0) is 18.0. The van der Waals surface area contributed by atoms with Crippen LogP contribution in [-0.4, -0.2) is 18.6 Å². The maximum absolute atomic E-state index is 13.3. The Kier molecular flexibility index (Phi) is 4.65. The number of nitrogens with one attached hydrogen (secondary N) is 1. The Morgan fingerprint density at radius 3 is 2.56 bits per heavy atom. The fourth-order valence-corrected chi connectivity index (χ4v) is 3.33. The number of aryl methyl sites for hydroxylation is 2. The second kappa shape index (κ2) is 6.73. The first-order valence-electron chi connectivity index (χ1n) is 7.51. The van der Waals surface area contributed by atoms with E-state index in [1.54, 1.807) is 0 Å². The molecule has 0 atom stereocenters. The minimum absolute atomic E-state index is 0.0231. The van der Waals surface area contributed by atoms with E-state index in [4.69, 9.17) is 4.42 Å². The first-order valence-corrected chi connectivity index (χ1v) is 8.99. The lowest BCUT2D eigenvalue weighted by Crippen LogP contribution is -2.23. The maximum Gasteiger partial charge on any atom is 0.248 e. The van der Waals surface area contributed by atoms with Crippen LogP contribution in [0.4, 0.5) is 4.39 Å². The fraction of sp³-hybridized carbons (Fsp3) is 0.176. The van der Waals surface area contributed by atoms with Gasteiger partial charge in [0.25, 0.3) is 0 Å². The molecule has 0 fully saturated rings. The number of halogens is 1. The molecule has 1 heterocycles. The van der Waals surface area contributed by atoms with Gasteiger partial charge in [-0.05, 0) is 49.2 Å². The molecule has 0 saturated carbocycles. The number of aromatic nitrogens is 2. The van der Waals surface area contributed by atoms with Gasteiger partial charge >= 0.3 is 0 Å². The van der Waals surface area contributed by atoms with Crippen LogP contribution in [0.3, 0.4) is 0 Å². The van der Waals surface area contributed by atoms with Gasteiger partial charge in [-0.3, -0.25) is 0 Å². The topological polar surface area (TPSA) is 85.1 Å². The molecule has 8 heteroatoms. The summed E-state index contributed by atoms with van der Waals surface area (Å²) in [7, 11) is -3.81. The number of sulfonamides is 1. The number of rotatable bonds is 5. The molecule has 1 aromatic heterocycles. The lowest BCUT2D eigenvalue weighted by atomic mass is 10.1. The van der Waals surface area contributed by atoms with E-state index in [0.29, 0.717) is 5.89 Å². The van der Waals surface area contributed by atoms with Crippen LogP contribution < -0.4 is 4.72 Å². The van der Waals surface area contributed by atoms with Gasteiger partial charge in [-0.15, -0.1) is 10.2 Å². The summed E-state index contributed by atoms with van der Waals surface area (Å²) in [5.74, 6) is 0.00399. The Morgan fingerprint density at radius 1 is 1.08 bits per heavy atom. The molecule has 3 aromatic rings. The zero-order valence-electron chi connectivity index (χ0n) is 13.7. The van der Waals surface area contributed by atoms with E-state index in [2.05, 4.69) is 14.9 Å². The van der Waals surface area contributed by atoms with E-state index < -0.39 is 15.8 Å². The molecule has 0 radical (unpaired) electrons. The van der Waals surface area contributed by atoms with E-state index in [0.717, 1.165) is 17.2 Å². The van der Waals surface area contributed by atoms with Crippen molar-refractivity contribution in [3.63, 3.8) is 0 Å². The minimum Gasteiger partial charge on any atom is -0.419 e. The quantitative estimate of drug-likeness (QED) is 0.755. The highest BCUT2D eigenvalue weighted by atomic mass is 32.2. The molecule has 3 rings (SSSR count). The first kappa shape index (κ1) is 17.2. The highest BCUT2D eigenvalue weighted by Gasteiger charge is 2.17. The van der Waals surface area contributed by atoms with Gasteiger partial charge < -0.3 is 4.42 Å². The summed E-state index contributed by atoms with van der Waals surface area (Å²) >= 11 is 0. The molecule has 0 aliphatic rings. The van der Waals surface area contributed by atoms with Crippen LogP contribution in [0.25, 0.3) is 11.5 Å². The molecule has 0 unspecified atom stereocenters. The number of nitrogens with zero attached hydrogens (tertiary/aromatic N) is 2. The van der Waals surface area contributed by atoms with Crippen LogP contribution >= 0.6 is 0 Å². The van der Waals surface area contributed by atoms with E-state index in [1.807, 2.05) is 31.2 Å². The van der Waals surface area contributed by atoms with Crippen LogP contribution in [0.5, 0.6) is 0 Å². The normalized spacial score (nSPS) is 11.6. The number of hydrogen-bond acceptors (Lipinski definition) is 5. The van der Waals surface area contributed by atoms with Crippen LogP contribution in [0.15, 0.2) is 51.8 Å². The molecule has 0 aliphatic heterocycles.